The van der Waals surface area contributed by atoms with Gasteiger partial charge < -0.3 is 4.74 Å². The molecule has 1 heterocycles. The van der Waals surface area contributed by atoms with E-state index in [1.165, 1.54) is 11.8 Å². The van der Waals surface area contributed by atoms with Crippen molar-refractivity contribution < 1.29 is 14.3 Å². The summed E-state index contributed by atoms with van der Waals surface area (Å²) in [6, 6.07) is 10.2. The molecule has 0 saturated heterocycles. The molecule has 1 aliphatic carbocycles. The number of esters is 1. The number of nitrogens with zero attached hydrogens (tertiary/aromatic N) is 2. The molecular weight excluding hydrogens is 360 g/mol. The highest BCUT2D eigenvalue weighted by atomic mass is 32.2. The Morgan fingerprint density at radius 1 is 1.37 bits per heavy atom. The highest BCUT2D eigenvalue weighted by Crippen LogP contribution is 2.45. The number of carbonyl (C=O) groups is 2. The summed E-state index contributed by atoms with van der Waals surface area (Å²) in [4.78, 5) is 29.2. The lowest BCUT2D eigenvalue weighted by Gasteiger charge is -2.33. The van der Waals surface area contributed by atoms with E-state index in [1.807, 2.05) is 31.2 Å². The minimum atomic E-state index is -0.577. The molecule has 0 radical (unpaired) electrons. The fourth-order valence-corrected chi connectivity index (χ4v) is 4.58. The predicted octanol–water partition coefficient (Wildman–Crippen LogP) is 3.93. The Labute approximate surface area is 163 Å². The molecule has 1 aliphatic heterocycles. The Morgan fingerprint density at radius 2 is 2.15 bits per heavy atom. The summed E-state index contributed by atoms with van der Waals surface area (Å²) in [5, 5.41) is 10.5. The van der Waals surface area contributed by atoms with Crippen LogP contribution in [0.2, 0.25) is 0 Å². The molecule has 1 aromatic carbocycles. The summed E-state index contributed by atoms with van der Waals surface area (Å²) >= 11 is 1.25. The number of allylic oxidation sites excluding steroid dienone is 2. The van der Waals surface area contributed by atoms with E-state index >= 15 is 0 Å². The van der Waals surface area contributed by atoms with E-state index in [0.29, 0.717) is 23.6 Å². The first-order valence-corrected chi connectivity index (χ1v) is 10.1. The van der Waals surface area contributed by atoms with E-state index in [9.17, 15) is 14.9 Å². The number of carbonyl (C=O) groups excluding carboxylic acids is 2. The Balaban J connectivity index is 2.03. The van der Waals surface area contributed by atoms with E-state index in [0.717, 1.165) is 29.7 Å². The average molecular weight is 382 g/mol. The van der Waals surface area contributed by atoms with Crippen molar-refractivity contribution in [1.29, 1.82) is 5.26 Å². The van der Waals surface area contributed by atoms with Crippen molar-refractivity contribution in [2.24, 2.45) is 10.9 Å². The van der Waals surface area contributed by atoms with Gasteiger partial charge in [0.1, 0.15) is 5.92 Å². The number of aliphatic imine (C=N–C) groups is 1. The van der Waals surface area contributed by atoms with Gasteiger partial charge in [-0.15, -0.1) is 0 Å². The lowest BCUT2D eigenvalue weighted by Crippen LogP contribution is -2.31. The maximum Gasteiger partial charge on any atom is 0.316 e. The van der Waals surface area contributed by atoms with Gasteiger partial charge in [0.05, 0.1) is 23.5 Å². The number of thioether (sulfide) groups is 1. The van der Waals surface area contributed by atoms with Crippen molar-refractivity contribution >= 4 is 28.6 Å². The second kappa shape index (κ2) is 8.53. The Kier molecular flexibility index (Phi) is 6.12. The number of hydrogen-bond acceptors (Lipinski definition) is 6. The first-order valence-electron chi connectivity index (χ1n) is 9.15. The van der Waals surface area contributed by atoms with Gasteiger partial charge in [0, 0.05) is 23.6 Å². The summed E-state index contributed by atoms with van der Waals surface area (Å²) in [7, 11) is 0. The standard InChI is InChI=1S/C21H22N2O3S/c1-3-26-18(25)12-27-21-15(11-22)19(14-8-5-4-7-13(14)2)20-16(23-21)9-6-10-17(20)24/h4-5,7-8,15,19H,3,6,9-10,12H2,1-2H3/t15?,19-/m0/s1. The molecular formula is C21H22N2O3S. The molecule has 1 unspecified atom stereocenters. The predicted molar refractivity (Wildman–Crippen MR) is 105 cm³/mol. The minimum Gasteiger partial charge on any atom is -0.465 e. The number of ketones is 1. The van der Waals surface area contributed by atoms with Crippen LogP contribution in [0.4, 0.5) is 0 Å². The van der Waals surface area contributed by atoms with Crippen molar-refractivity contribution in [3.8, 4) is 6.07 Å². The van der Waals surface area contributed by atoms with Crippen molar-refractivity contribution in [3.63, 3.8) is 0 Å². The van der Waals surface area contributed by atoms with Gasteiger partial charge in [-0.25, -0.2) is 4.99 Å². The molecule has 0 fully saturated rings. The number of Topliss-reactive ketones (excluding diaryl/α,β-unsaturated/α-hetero) is 1. The van der Waals surface area contributed by atoms with Crippen molar-refractivity contribution in [3.05, 3.63) is 46.7 Å². The largest absolute Gasteiger partial charge is 0.465 e. The molecule has 2 aliphatic rings. The molecule has 5 nitrogen and oxygen atoms in total. The summed E-state index contributed by atoms with van der Waals surface area (Å²) in [5.41, 5.74) is 3.49. The van der Waals surface area contributed by atoms with Crippen molar-refractivity contribution in [1.82, 2.24) is 0 Å². The van der Waals surface area contributed by atoms with Crippen LogP contribution < -0.4 is 0 Å². The minimum absolute atomic E-state index is 0.0861. The first-order chi connectivity index (χ1) is 13.1. The number of nitriles is 1. The van der Waals surface area contributed by atoms with Gasteiger partial charge in [-0.3, -0.25) is 9.59 Å². The summed E-state index contributed by atoms with van der Waals surface area (Å²) < 4.78 is 4.99. The molecule has 140 valence electrons. The van der Waals surface area contributed by atoms with Crippen LogP contribution in [0.25, 0.3) is 0 Å². The summed E-state index contributed by atoms with van der Waals surface area (Å²) in [6.07, 6.45) is 2.00. The van der Waals surface area contributed by atoms with Crippen LogP contribution in [0.1, 0.15) is 43.2 Å². The monoisotopic (exact) mass is 382 g/mol. The number of ether oxygens (including phenoxy) is 1. The SMILES string of the molecule is CCOC(=O)CSC1=NC2=C(C(=O)CCC2)[C@@H](c2ccccc2C)C1C#N. The third-order valence-corrected chi connectivity index (χ3v) is 5.91. The fourth-order valence-electron chi connectivity index (χ4n) is 3.69. The second-order valence-corrected chi connectivity index (χ2v) is 7.62. The van der Waals surface area contributed by atoms with Gasteiger partial charge in [0.25, 0.3) is 0 Å². The third-order valence-electron chi connectivity index (χ3n) is 4.89. The molecule has 6 heteroatoms. The van der Waals surface area contributed by atoms with E-state index in [2.05, 4.69) is 11.1 Å². The van der Waals surface area contributed by atoms with Crippen molar-refractivity contribution in [2.45, 2.75) is 39.0 Å². The van der Waals surface area contributed by atoms with E-state index in [1.54, 1.807) is 6.92 Å². The lowest BCUT2D eigenvalue weighted by atomic mass is 9.73. The van der Waals surface area contributed by atoms with Crippen LogP contribution in [0.15, 0.2) is 40.5 Å². The molecule has 2 atom stereocenters. The van der Waals surface area contributed by atoms with Gasteiger partial charge in [0.15, 0.2) is 5.78 Å². The third kappa shape index (κ3) is 3.98. The van der Waals surface area contributed by atoms with Crippen molar-refractivity contribution in [2.75, 3.05) is 12.4 Å². The second-order valence-electron chi connectivity index (χ2n) is 6.62. The zero-order valence-electron chi connectivity index (χ0n) is 15.5. The molecule has 3 rings (SSSR count). The Bertz CT molecular complexity index is 866. The molecule has 0 saturated carbocycles. The van der Waals surface area contributed by atoms with Gasteiger partial charge in [0.2, 0.25) is 0 Å². The molecule has 0 N–H and O–H groups in total. The molecule has 0 bridgehead atoms. The lowest BCUT2D eigenvalue weighted by molar-refractivity contribution is -0.139. The summed E-state index contributed by atoms with van der Waals surface area (Å²) in [6.45, 7) is 4.08. The Hall–Kier alpha value is -2.39. The maximum absolute atomic E-state index is 12.7. The number of aryl methyl sites for hydroxylation is 1. The number of benzene rings is 1. The van der Waals surface area contributed by atoms with Crippen LogP contribution >= 0.6 is 11.8 Å². The van der Waals surface area contributed by atoms with E-state index in [-0.39, 0.29) is 23.4 Å². The molecule has 0 aromatic heterocycles. The van der Waals surface area contributed by atoms with Crippen LogP contribution in [0.3, 0.4) is 0 Å². The first kappa shape index (κ1) is 19.4. The van der Waals surface area contributed by atoms with Crippen LogP contribution in [-0.4, -0.2) is 29.2 Å². The molecule has 27 heavy (non-hydrogen) atoms. The van der Waals surface area contributed by atoms with Gasteiger partial charge >= 0.3 is 5.97 Å². The normalized spacial score (nSPS) is 22.0. The van der Waals surface area contributed by atoms with Crippen LogP contribution in [-0.2, 0) is 14.3 Å². The molecule has 1 aromatic rings. The van der Waals surface area contributed by atoms with E-state index < -0.39 is 5.92 Å². The average Bonchev–Trinajstić information content (AvgIpc) is 2.66. The summed E-state index contributed by atoms with van der Waals surface area (Å²) in [5.74, 6) is -1.04. The Morgan fingerprint density at radius 3 is 2.85 bits per heavy atom. The number of rotatable bonds is 4. The zero-order chi connectivity index (χ0) is 19.4. The smallest absolute Gasteiger partial charge is 0.316 e. The van der Waals surface area contributed by atoms with Gasteiger partial charge in [-0.1, -0.05) is 36.0 Å². The molecule has 0 amide bonds. The van der Waals surface area contributed by atoms with Gasteiger partial charge in [-0.2, -0.15) is 5.26 Å². The highest BCUT2D eigenvalue weighted by Gasteiger charge is 2.41. The number of hydrogen-bond donors (Lipinski definition) is 0. The topological polar surface area (TPSA) is 79.5 Å². The maximum atomic E-state index is 12.7. The molecule has 0 spiro atoms. The highest BCUT2D eigenvalue weighted by molar-refractivity contribution is 8.14. The zero-order valence-corrected chi connectivity index (χ0v) is 16.3. The van der Waals surface area contributed by atoms with E-state index in [4.69, 9.17) is 4.74 Å². The van der Waals surface area contributed by atoms with Crippen LogP contribution in [0, 0.1) is 24.2 Å². The quantitative estimate of drug-likeness (QED) is 0.737. The van der Waals surface area contributed by atoms with Crippen LogP contribution in [0.5, 0.6) is 0 Å². The fraction of sp³-hybridized carbons (Fsp3) is 0.429. The van der Waals surface area contributed by atoms with Gasteiger partial charge in [-0.05, 0) is 37.8 Å².